The Morgan fingerprint density at radius 1 is 0.863 bits per heavy atom. The van der Waals surface area contributed by atoms with Gasteiger partial charge >= 0.3 is 0 Å². The molecule has 2 amide bonds. The van der Waals surface area contributed by atoms with Crippen LogP contribution in [0.25, 0.3) is 11.1 Å². The fourth-order valence-electron chi connectivity index (χ4n) is 6.74. The van der Waals surface area contributed by atoms with E-state index in [1.54, 1.807) is 32.2 Å². The molecule has 0 radical (unpaired) electrons. The molecule has 0 unspecified atom stereocenters. The Balaban J connectivity index is 1.85. The second kappa shape index (κ2) is 18.1. The number of carbonyl (C=O) groups excluding carboxylic acids is 4. The van der Waals surface area contributed by atoms with Crippen molar-refractivity contribution in [2.45, 2.75) is 65.5 Å². The van der Waals surface area contributed by atoms with Crippen LogP contribution < -0.4 is 32.0 Å². The first-order valence-corrected chi connectivity index (χ1v) is 17.7. The molecule has 4 atom stereocenters. The summed E-state index contributed by atoms with van der Waals surface area (Å²) in [6.07, 6.45) is 0.621. The van der Waals surface area contributed by atoms with Gasteiger partial charge in [0.1, 0.15) is 30.8 Å². The highest BCUT2D eigenvalue weighted by atomic mass is 16.5. The Morgan fingerprint density at radius 3 is 2.14 bits per heavy atom. The molecular weight excluding hydrogens is 646 g/mol. The summed E-state index contributed by atoms with van der Waals surface area (Å²) in [7, 11) is 1.57. The maximum atomic E-state index is 14.4. The lowest BCUT2D eigenvalue weighted by Gasteiger charge is -2.32. The molecule has 1 heterocycles. The van der Waals surface area contributed by atoms with Gasteiger partial charge in [-0.3, -0.25) is 19.2 Å². The smallest absolute Gasteiger partial charge is 0.226 e. The van der Waals surface area contributed by atoms with Crippen molar-refractivity contribution < 1.29 is 28.7 Å². The summed E-state index contributed by atoms with van der Waals surface area (Å²) in [5.74, 6) is -1.46. The van der Waals surface area contributed by atoms with Crippen LogP contribution in [-0.4, -0.2) is 74.2 Å². The van der Waals surface area contributed by atoms with Crippen LogP contribution >= 0.6 is 0 Å². The molecule has 4 rings (SSSR count). The van der Waals surface area contributed by atoms with Crippen molar-refractivity contribution >= 4 is 23.4 Å². The Kier molecular flexibility index (Phi) is 13.9. The lowest BCUT2D eigenvalue weighted by molar-refractivity contribution is -0.142. The van der Waals surface area contributed by atoms with E-state index in [1.165, 1.54) is 4.90 Å². The van der Waals surface area contributed by atoms with E-state index in [0.29, 0.717) is 46.7 Å². The zero-order chi connectivity index (χ0) is 37.2. The predicted molar refractivity (Wildman–Crippen MR) is 199 cm³/mol. The molecule has 0 spiro atoms. The van der Waals surface area contributed by atoms with E-state index in [9.17, 15) is 19.2 Å². The zero-order valence-electron chi connectivity index (χ0n) is 30.5. The second-order valence-corrected chi connectivity index (χ2v) is 13.6. The number of aryl methyl sites for hydroxylation is 2. The lowest BCUT2D eigenvalue weighted by atomic mass is 9.88. The quantitative estimate of drug-likeness (QED) is 0.192. The van der Waals surface area contributed by atoms with E-state index in [-0.39, 0.29) is 75.0 Å². The van der Waals surface area contributed by atoms with Gasteiger partial charge in [-0.1, -0.05) is 42.8 Å². The molecule has 3 aromatic carbocycles. The average Bonchev–Trinajstić information content (AvgIpc) is 3.09. The third kappa shape index (κ3) is 9.81. The number of amides is 2. The van der Waals surface area contributed by atoms with Crippen LogP contribution in [-0.2, 0) is 20.8 Å². The van der Waals surface area contributed by atoms with Crippen molar-refractivity contribution in [2.24, 2.45) is 29.0 Å². The Morgan fingerprint density at radius 2 is 1.51 bits per heavy atom. The molecule has 7 N–H and O–H groups in total. The summed E-state index contributed by atoms with van der Waals surface area (Å²) < 4.78 is 12.2. The zero-order valence-corrected chi connectivity index (χ0v) is 30.5. The Bertz CT molecular complexity index is 1730. The molecule has 0 fully saturated rings. The van der Waals surface area contributed by atoms with Crippen LogP contribution in [0.1, 0.15) is 71.8 Å². The summed E-state index contributed by atoms with van der Waals surface area (Å²) in [5.41, 5.74) is 22.8. The number of likely N-dealkylation sites (N-methyl/N-ethyl adjacent to an activating group) is 1. The number of benzene rings is 3. The minimum absolute atomic E-state index is 0.0619. The van der Waals surface area contributed by atoms with Crippen molar-refractivity contribution in [1.29, 1.82) is 0 Å². The highest BCUT2D eigenvalue weighted by molar-refractivity contribution is 6.00. The Hall–Kier alpha value is -4.58. The highest BCUT2D eigenvalue weighted by Gasteiger charge is 2.35. The maximum absolute atomic E-state index is 14.4. The maximum Gasteiger partial charge on any atom is 0.226 e. The molecule has 4 bridgehead atoms. The second-order valence-electron chi connectivity index (χ2n) is 13.6. The summed E-state index contributed by atoms with van der Waals surface area (Å²) in [4.78, 5) is 57.0. The summed E-state index contributed by atoms with van der Waals surface area (Å²) in [6, 6.07) is 15.4. The number of rotatable bonds is 13. The minimum atomic E-state index is -1.08. The van der Waals surface area contributed by atoms with Crippen molar-refractivity contribution in [3.05, 3.63) is 82.4 Å². The molecule has 0 saturated carbocycles. The standard InChI is InChI=1S/C40H53N5O6/c1-24-6-9-31(25(2)18-24)34(46)23-30(12-13-41)40(49)45(5)38-29-8-11-37(51-17-15-43)33(22-29)32-21-28(7-10-36(32)50-16-14-42)20-27(4)44-39(48)26(3)19-35(38)47/h6-11,18,21-22,26-27,30,38H,12-17,19-20,23,41-43H2,1-5H3,(H,44,48)/t26-,27-,30-,38+/m1/s1. The first-order valence-electron chi connectivity index (χ1n) is 17.7. The molecule has 274 valence electrons. The van der Waals surface area contributed by atoms with Crippen LogP contribution in [0.4, 0.5) is 0 Å². The van der Waals surface area contributed by atoms with E-state index >= 15 is 0 Å². The monoisotopic (exact) mass is 699 g/mol. The molecule has 11 nitrogen and oxygen atoms in total. The van der Waals surface area contributed by atoms with Crippen LogP contribution in [0.3, 0.4) is 0 Å². The van der Waals surface area contributed by atoms with E-state index < -0.39 is 17.9 Å². The summed E-state index contributed by atoms with van der Waals surface area (Å²) in [6.45, 7) is 8.75. The van der Waals surface area contributed by atoms with Gasteiger partial charge in [0.15, 0.2) is 11.6 Å². The lowest BCUT2D eigenvalue weighted by Crippen LogP contribution is -2.42. The molecule has 1 aliphatic rings. The number of hydrogen-bond donors (Lipinski definition) is 4. The van der Waals surface area contributed by atoms with E-state index in [2.05, 4.69) is 5.32 Å². The van der Waals surface area contributed by atoms with Crippen LogP contribution in [0.2, 0.25) is 0 Å². The molecule has 0 aromatic heterocycles. The first-order chi connectivity index (χ1) is 24.4. The van der Waals surface area contributed by atoms with Gasteiger partial charge in [0.25, 0.3) is 0 Å². The van der Waals surface area contributed by atoms with Crippen molar-refractivity contribution in [3.8, 4) is 22.6 Å². The molecule has 0 saturated heterocycles. The first kappa shape index (κ1) is 39.2. The Labute approximate surface area is 301 Å². The van der Waals surface area contributed by atoms with Gasteiger partial charge in [0, 0.05) is 67.5 Å². The number of nitrogens with one attached hydrogen (secondary N) is 1. The number of fused-ring (bicyclic) bond motifs is 5. The van der Waals surface area contributed by atoms with Crippen molar-refractivity contribution in [3.63, 3.8) is 0 Å². The van der Waals surface area contributed by atoms with Crippen LogP contribution in [0.5, 0.6) is 11.5 Å². The molecule has 0 aliphatic carbocycles. The van der Waals surface area contributed by atoms with Gasteiger partial charge in [-0.15, -0.1) is 0 Å². The van der Waals surface area contributed by atoms with Crippen LogP contribution in [0.15, 0.2) is 54.6 Å². The van der Waals surface area contributed by atoms with Crippen molar-refractivity contribution in [1.82, 2.24) is 10.2 Å². The molecule has 1 aliphatic heterocycles. The number of Topliss-reactive ketones (excluding diaryl/α,β-unsaturated/α-hetero) is 2. The highest BCUT2D eigenvalue weighted by Crippen LogP contribution is 2.40. The summed E-state index contributed by atoms with van der Waals surface area (Å²) in [5, 5.41) is 3.05. The number of ketones is 2. The normalized spacial score (nSPS) is 18.3. The third-order valence-corrected chi connectivity index (χ3v) is 9.31. The molecule has 3 aromatic rings. The van der Waals surface area contributed by atoms with Gasteiger partial charge in [-0.25, -0.2) is 0 Å². The topological polar surface area (TPSA) is 180 Å². The third-order valence-electron chi connectivity index (χ3n) is 9.31. The molecule has 11 heteroatoms. The van der Waals surface area contributed by atoms with Gasteiger partial charge in [-0.2, -0.15) is 0 Å². The molecular formula is C40H53N5O6. The van der Waals surface area contributed by atoms with Gasteiger partial charge in [-0.05, 0) is 81.1 Å². The fourth-order valence-corrected chi connectivity index (χ4v) is 6.74. The minimum Gasteiger partial charge on any atom is -0.492 e. The van der Waals surface area contributed by atoms with E-state index in [0.717, 1.165) is 16.7 Å². The number of nitrogens with zero attached hydrogens (tertiary/aromatic N) is 1. The SMILES string of the molecule is Cc1ccc(C(=O)C[C@@H](CCN)C(=O)N(C)[C@@H]2C(=O)C[C@@H](C)C(=O)N[C@H](C)Cc3ccc(OCCN)c(c3)-c3cc2ccc3OCCN)c(C)c1. The average molecular weight is 700 g/mol. The van der Waals surface area contributed by atoms with E-state index in [4.69, 9.17) is 26.7 Å². The van der Waals surface area contributed by atoms with Gasteiger partial charge in [0.2, 0.25) is 11.8 Å². The number of ether oxygens (including phenoxy) is 2. The fraction of sp³-hybridized carbons (Fsp3) is 0.450. The van der Waals surface area contributed by atoms with Crippen LogP contribution in [0, 0.1) is 25.7 Å². The van der Waals surface area contributed by atoms with Crippen molar-refractivity contribution in [2.75, 3.05) is 39.9 Å². The number of hydrogen-bond acceptors (Lipinski definition) is 9. The number of carbonyl (C=O) groups is 4. The molecule has 51 heavy (non-hydrogen) atoms. The predicted octanol–water partition coefficient (Wildman–Crippen LogP) is 4.04. The largest absolute Gasteiger partial charge is 0.492 e. The number of nitrogens with two attached hydrogens (primary N) is 3. The van der Waals surface area contributed by atoms with Gasteiger partial charge in [0.05, 0.1) is 0 Å². The van der Waals surface area contributed by atoms with Gasteiger partial charge < -0.3 is 36.9 Å². The van der Waals surface area contributed by atoms with E-state index in [1.807, 2.05) is 57.2 Å². The summed E-state index contributed by atoms with van der Waals surface area (Å²) >= 11 is 0.